The van der Waals surface area contributed by atoms with E-state index >= 15 is 0 Å². The quantitative estimate of drug-likeness (QED) is 0.534. The molecule has 0 aliphatic rings. The van der Waals surface area contributed by atoms with Crippen molar-refractivity contribution in [3.63, 3.8) is 0 Å². The highest BCUT2D eigenvalue weighted by molar-refractivity contribution is 5.79. The Bertz CT molecular complexity index is 1040. The van der Waals surface area contributed by atoms with Gasteiger partial charge in [0.1, 0.15) is 17.1 Å². The summed E-state index contributed by atoms with van der Waals surface area (Å²) in [4.78, 5) is 38.6. The van der Waals surface area contributed by atoms with Gasteiger partial charge in [-0.3, -0.25) is 14.4 Å². The van der Waals surface area contributed by atoms with Gasteiger partial charge in [-0.05, 0) is 30.3 Å². The van der Waals surface area contributed by atoms with Crippen LogP contribution in [0, 0.1) is 0 Å². The summed E-state index contributed by atoms with van der Waals surface area (Å²) in [5, 5.41) is 0.330. The van der Waals surface area contributed by atoms with Crippen molar-refractivity contribution in [1.29, 1.82) is 0 Å². The van der Waals surface area contributed by atoms with E-state index in [9.17, 15) is 14.4 Å². The average molecular weight is 339 g/mol. The summed E-state index contributed by atoms with van der Waals surface area (Å²) < 4.78 is 15.8. The smallest absolute Gasteiger partial charge is 0.308 e. The Kier molecular flexibility index (Phi) is 4.30. The molecular weight excluding hydrogens is 326 g/mol. The van der Waals surface area contributed by atoms with E-state index in [0.717, 1.165) is 0 Å². The molecule has 2 aromatic carbocycles. The van der Waals surface area contributed by atoms with E-state index in [4.69, 9.17) is 13.9 Å². The maximum atomic E-state index is 12.2. The monoisotopic (exact) mass is 339 g/mol. The van der Waals surface area contributed by atoms with Gasteiger partial charge in [0, 0.05) is 13.8 Å². The van der Waals surface area contributed by atoms with Crippen molar-refractivity contribution in [2.45, 2.75) is 13.8 Å². The van der Waals surface area contributed by atoms with Crippen molar-refractivity contribution in [3.05, 3.63) is 52.8 Å². The van der Waals surface area contributed by atoms with Gasteiger partial charge >= 0.3 is 11.9 Å². The molecule has 0 fully saturated rings. The molecule has 25 heavy (non-hydrogen) atoms. The Morgan fingerprint density at radius 3 is 2.44 bits per heavy atom. The second-order valence-corrected chi connectivity index (χ2v) is 5.17. The van der Waals surface area contributed by atoms with E-state index in [0.29, 0.717) is 11.0 Å². The summed E-state index contributed by atoms with van der Waals surface area (Å²) in [5.41, 5.74) is 0.0736. The van der Waals surface area contributed by atoms with E-state index in [-0.39, 0.29) is 23.0 Å². The van der Waals surface area contributed by atoms with E-state index in [1.165, 1.54) is 32.0 Å². The second kappa shape index (κ2) is 6.56. The Morgan fingerprint density at radius 2 is 1.72 bits per heavy atom. The second-order valence-electron chi connectivity index (χ2n) is 5.17. The predicted molar refractivity (Wildman–Crippen MR) is 88.3 cm³/mol. The average Bonchev–Trinajstić information content (AvgIpc) is 2.55. The number of ether oxygens (including phenoxy) is 2. The molecule has 1 heterocycles. The number of para-hydroxylation sites is 1. The minimum atomic E-state index is -0.551. The number of esters is 2. The summed E-state index contributed by atoms with van der Waals surface area (Å²) in [7, 11) is 0. The van der Waals surface area contributed by atoms with Crippen molar-refractivity contribution in [2.75, 3.05) is 0 Å². The summed E-state index contributed by atoms with van der Waals surface area (Å²) in [5.74, 6) is -0.775. The van der Waals surface area contributed by atoms with Gasteiger partial charge in [0.25, 0.3) is 5.56 Å². The van der Waals surface area contributed by atoms with Gasteiger partial charge in [0.05, 0.1) is 10.9 Å². The van der Waals surface area contributed by atoms with Crippen molar-refractivity contribution >= 4 is 22.9 Å². The number of carbonyl (C=O) groups excluding carboxylic acids is 2. The highest BCUT2D eigenvalue weighted by Crippen LogP contribution is 2.33. The first-order valence-electron chi connectivity index (χ1n) is 7.35. The number of hydrogen-bond donors (Lipinski definition) is 0. The van der Waals surface area contributed by atoms with E-state index < -0.39 is 17.5 Å². The van der Waals surface area contributed by atoms with Crippen LogP contribution in [-0.4, -0.2) is 16.9 Å². The highest BCUT2D eigenvalue weighted by atomic mass is 16.5. The molecule has 0 saturated carbocycles. The van der Waals surface area contributed by atoms with E-state index in [1.807, 2.05) is 0 Å². The molecule has 0 bridgehead atoms. The molecule has 0 amide bonds. The van der Waals surface area contributed by atoms with E-state index in [2.05, 4.69) is 4.98 Å². The molecule has 0 N–H and O–H groups in total. The van der Waals surface area contributed by atoms with Crippen LogP contribution in [0.3, 0.4) is 0 Å². The van der Waals surface area contributed by atoms with E-state index in [1.54, 1.807) is 24.3 Å². The summed E-state index contributed by atoms with van der Waals surface area (Å²) in [6, 6.07) is 11.0. The summed E-state index contributed by atoms with van der Waals surface area (Å²) >= 11 is 0. The lowest BCUT2D eigenvalue weighted by molar-refractivity contribution is -0.133. The van der Waals surface area contributed by atoms with Crippen LogP contribution in [0.1, 0.15) is 13.8 Å². The molecule has 0 saturated heterocycles. The molecule has 7 nitrogen and oxygen atoms in total. The minimum Gasteiger partial charge on any atom is -0.437 e. The van der Waals surface area contributed by atoms with Gasteiger partial charge in [0.2, 0.25) is 5.89 Å². The molecule has 0 unspecified atom stereocenters. The fourth-order valence-electron chi connectivity index (χ4n) is 2.28. The fraction of sp³-hybridized carbons (Fsp3) is 0.111. The molecule has 0 radical (unpaired) electrons. The number of nitrogens with zero attached hydrogens (tertiary/aromatic N) is 1. The molecule has 7 heteroatoms. The zero-order chi connectivity index (χ0) is 18.0. The van der Waals surface area contributed by atoms with Crippen molar-refractivity contribution < 1.29 is 23.5 Å². The molecule has 3 rings (SSSR count). The van der Waals surface area contributed by atoms with Crippen LogP contribution in [0.5, 0.6) is 11.5 Å². The molecule has 3 aromatic rings. The van der Waals surface area contributed by atoms with Crippen LogP contribution in [0.25, 0.3) is 22.4 Å². The van der Waals surface area contributed by atoms with Crippen LogP contribution >= 0.6 is 0 Å². The third-order valence-corrected chi connectivity index (χ3v) is 3.22. The van der Waals surface area contributed by atoms with Gasteiger partial charge in [0.15, 0.2) is 0 Å². The molecule has 0 spiro atoms. The standard InChI is InChI=1S/C18H13NO6/c1-10(20)23-12-7-8-16(24-11(2)21)14(9-12)18-19-17(22)13-5-3-4-6-15(13)25-18/h3-9H,1-2H3. The molecule has 0 aliphatic heterocycles. The Labute approximate surface area is 141 Å². The number of aromatic nitrogens is 1. The summed E-state index contributed by atoms with van der Waals surface area (Å²) in [6.07, 6.45) is 0. The SMILES string of the molecule is CC(=O)Oc1ccc(OC(C)=O)c(-c2nc(=O)c3ccccc3o2)c1. The number of rotatable bonds is 3. The Morgan fingerprint density at radius 1 is 1.00 bits per heavy atom. The van der Waals surface area contributed by atoms with Gasteiger partial charge in [-0.25, -0.2) is 0 Å². The largest absolute Gasteiger partial charge is 0.437 e. The lowest BCUT2D eigenvalue weighted by atomic mass is 10.1. The topological polar surface area (TPSA) is 95.7 Å². The van der Waals surface area contributed by atoms with Crippen LogP contribution in [0.2, 0.25) is 0 Å². The fourth-order valence-corrected chi connectivity index (χ4v) is 2.28. The third-order valence-electron chi connectivity index (χ3n) is 3.22. The van der Waals surface area contributed by atoms with Crippen molar-refractivity contribution in [2.24, 2.45) is 0 Å². The third kappa shape index (κ3) is 3.55. The van der Waals surface area contributed by atoms with Crippen LogP contribution in [0.4, 0.5) is 0 Å². The normalized spacial score (nSPS) is 10.5. The maximum absolute atomic E-state index is 12.2. The number of fused-ring (bicyclic) bond motifs is 1. The Balaban J connectivity index is 2.20. The molecular formula is C18H13NO6. The number of carbonyl (C=O) groups is 2. The van der Waals surface area contributed by atoms with Gasteiger partial charge in [-0.1, -0.05) is 12.1 Å². The minimum absolute atomic E-state index is 0.0473. The first-order valence-corrected chi connectivity index (χ1v) is 7.35. The van der Waals surface area contributed by atoms with Crippen molar-refractivity contribution in [1.82, 2.24) is 4.98 Å². The van der Waals surface area contributed by atoms with Crippen LogP contribution < -0.4 is 15.0 Å². The van der Waals surface area contributed by atoms with Crippen LogP contribution in [-0.2, 0) is 9.59 Å². The highest BCUT2D eigenvalue weighted by Gasteiger charge is 2.16. The van der Waals surface area contributed by atoms with Gasteiger partial charge in [-0.15, -0.1) is 0 Å². The predicted octanol–water partition coefficient (Wildman–Crippen LogP) is 2.71. The lowest BCUT2D eigenvalue weighted by Crippen LogP contribution is -2.09. The molecule has 0 atom stereocenters. The maximum Gasteiger partial charge on any atom is 0.308 e. The molecule has 126 valence electrons. The first-order chi connectivity index (χ1) is 11.9. The first kappa shape index (κ1) is 16.4. The van der Waals surface area contributed by atoms with Gasteiger partial charge < -0.3 is 13.9 Å². The Hall–Kier alpha value is -3.48. The zero-order valence-electron chi connectivity index (χ0n) is 13.4. The van der Waals surface area contributed by atoms with Crippen molar-refractivity contribution in [3.8, 4) is 23.0 Å². The molecule has 1 aromatic heterocycles. The lowest BCUT2D eigenvalue weighted by Gasteiger charge is -2.10. The number of hydrogen-bond acceptors (Lipinski definition) is 7. The molecule has 0 aliphatic carbocycles. The van der Waals surface area contributed by atoms with Crippen LogP contribution in [0.15, 0.2) is 51.7 Å². The zero-order valence-corrected chi connectivity index (χ0v) is 13.4. The summed E-state index contributed by atoms with van der Waals surface area (Å²) in [6.45, 7) is 2.50. The number of benzene rings is 2. The van der Waals surface area contributed by atoms with Gasteiger partial charge in [-0.2, -0.15) is 4.98 Å².